The van der Waals surface area contributed by atoms with Gasteiger partial charge >= 0.3 is 0 Å². The van der Waals surface area contributed by atoms with Crippen molar-refractivity contribution in [1.29, 1.82) is 0 Å². The van der Waals surface area contributed by atoms with Gasteiger partial charge in [0.2, 0.25) is 0 Å². The van der Waals surface area contributed by atoms with Crippen LogP contribution in [0.25, 0.3) is 11.4 Å². The Morgan fingerprint density at radius 2 is 1.89 bits per heavy atom. The van der Waals surface area contributed by atoms with Crippen LogP contribution in [0.1, 0.15) is 21.6 Å². The molecule has 0 radical (unpaired) electrons. The lowest BCUT2D eigenvalue weighted by molar-refractivity contribution is 0.102. The number of aryl methyl sites for hydroxylation is 1. The Kier molecular flexibility index (Phi) is 6.72. The van der Waals surface area contributed by atoms with E-state index >= 15 is 0 Å². The maximum Gasteiger partial charge on any atom is 0.255 e. The third-order valence-electron chi connectivity index (χ3n) is 5.94. The van der Waals surface area contributed by atoms with Crippen molar-refractivity contribution in [2.24, 2.45) is 0 Å². The molecular weight excluding hydrogens is 442 g/mol. The number of anilines is 2. The molecule has 2 N–H and O–H groups in total. The smallest absolute Gasteiger partial charge is 0.255 e. The normalized spacial score (nSPS) is 13.5. The maximum atomic E-state index is 12.8. The monoisotopic (exact) mass is 469 g/mol. The number of amides is 1. The number of H-pyrrole nitrogens is 1. The van der Waals surface area contributed by atoms with Gasteiger partial charge in [0.25, 0.3) is 5.91 Å². The Bertz CT molecular complexity index is 1280. The van der Waals surface area contributed by atoms with Crippen molar-refractivity contribution in [2.45, 2.75) is 13.5 Å². The molecule has 2 aromatic carbocycles. The first-order valence-corrected chi connectivity index (χ1v) is 11.6. The topological polar surface area (TPSA) is 92.4 Å². The number of benzene rings is 2. The first-order valence-electron chi connectivity index (χ1n) is 11.6. The van der Waals surface area contributed by atoms with Crippen LogP contribution in [0.5, 0.6) is 5.75 Å². The Labute approximate surface area is 203 Å². The molecule has 0 spiro atoms. The highest BCUT2D eigenvalue weighted by atomic mass is 16.5. The first kappa shape index (κ1) is 22.6. The zero-order valence-electron chi connectivity index (χ0n) is 19.5. The number of pyridine rings is 1. The van der Waals surface area contributed by atoms with Gasteiger partial charge < -0.3 is 24.7 Å². The van der Waals surface area contributed by atoms with Crippen LogP contribution in [-0.2, 0) is 11.3 Å². The van der Waals surface area contributed by atoms with E-state index in [1.807, 2.05) is 37.3 Å². The molecule has 3 heterocycles. The molecule has 1 aliphatic heterocycles. The maximum absolute atomic E-state index is 12.8. The summed E-state index contributed by atoms with van der Waals surface area (Å²) in [4.78, 5) is 26.9. The zero-order valence-corrected chi connectivity index (χ0v) is 19.5. The van der Waals surface area contributed by atoms with Crippen LogP contribution in [0.3, 0.4) is 0 Å². The highest BCUT2D eigenvalue weighted by molar-refractivity contribution is 6.05. The number of hydrogen-bond acceptors (Lipinski definition) is 6. The van der Waals surface area contributed by atoms with E-state index in [1.54, 1.807) is 42.9 Å². The Balaban J connectivity index is 1.20. The van der Waals surface area contributed by atoms with Gasteiger partial charge in [0.05, 0.1) is 18.9 Å². The van der Waals surface area contributed by atoms with Crippen LogP contribution < -0.4 is 15.0 Å². The number of carbonyl (C=O) groups excluding carboxylic acids is 1. The summed E-state index contributed by atoms with van der Waals surface area (Å²) in [5.74, 6) is 1.25. The van der Waals surface area contributed by atoms with Crippen LogP contribution >= 0.6 is 0 Å². The van der Waals surface area contributed by atoms with E-state index in [9.17, 15) is 4.79 Å². The van der Waals surface area contributed by atoms with E-state index < -0.39 is 0 Å². The standard InChI is InChI=1S/C27H27N5O3/c1-19-2-3-21(26-29-10-11-30-26)16-25(19)31-27(33)20-4-6-24(7-5-20)35-18-22-17-23(8-9-28-22)32-12-14-34-15-13-32/h2-11,16-17H,12-15,18H2,1H3,(H,29,30)(H,31,33). The van der Waals surface area contributed by atoms with E-state index in [4.69, 9.17) is 9.47 Å². The fourth-order valence-electron chi connectivity index (χ4n) is 3.94. The predicted octanol–water partition coefficient (Wildman–Crippen LogP) is 4.45. The third-order valence-corrected chi connectivity index (χ3v) is 5.94. The largest absolute Gasteiger partial charge is 0.487 e. The van der Waals surface area contributed by atoms with Crippen LogP contribution in [0, 0.1) is 6.92 Å². The van der Waals surface area contributed by atoms with E-state index in [2.05, 4.69) is 25.2 Å². The second kappa shape index (κ2) is 10.4. The van der Waals surface area contributed by atoms with Gasteiger partial charge in [0, 0.05) is 54.2 Å². The molecule has 0 aliphatic carbocycles. The molecule has 5 rings (SSSR count). The Morgan fingerprint density at radius 1 is 1.06 bits per heavy atom. The van der Waals surface area contributed by atoms with Crippen LogP contribution in [0.4, 0.5) is 11.4 Å². The Hall–Kier alpha value is -4.17. The van der Waals surface area contributed by atoms with E-state index in [1.165, 1.54) is 0 Å². The number of aromatic amines is 1. The molecular formula is C27H27N5O3. The summed E-state index contributed by atoms with van der Waals surface area (Å²) in [7, 11) is 0. The highest BCUT2D eigenvalue weighted by Crippen LogP contribution is 2.24. The first-order chi connectivity index (χ1) is 17.2. The quantitative estimate of drug-likeness (QED) is 0.416. The third kappa shape index (κ3) is 5.50. The Morgan fingerprint density at radius 3 is 2.66 bits per heavy atom. The van der Waals surface area contributed by atoms with E-state index in [-0.39, 0.29) is 5.91 Å². The number of rotatable bonds is 7. The fourth-order valence-corrected chi connectivity index (χ4v) is 3.94. The number of nitrogens with zero attached hydrogens (tertiary/aromatic N) is 3. The minimum absolute atomic E-state index is 0.184. The second-order valence-electron chi connectivity index (χ2n) is 8.34. The predicted molar refractivity (Wildman–Crippen MR) is 135 cm³/mol. The van der Waals surface area contributed by atoms with Crippen molar-refractivity contribution in [3.8, 4) is 17.1 Å². The molecule has 8 nitrogen and oxygen atoms in total. The summed E-state index contributed by atoms with van der Waals surface area (Å²) < 4.78 is 11.3. The number of nitrogens with one attached hydrogen (secondary N) is 2. The summed E-state index contributed by atoms with van der Waals surface area (Å²) in [5.41, 5.74) is 5.15. The van der Waals surface area contributed by atoms with Gasteiger partial charge in [-0.05, 0) is 55.0 Å². The SMILES string of the molecule is Cc1ccc(-c2ncc[nH]2)cc1NC(=O)c1ccc(OCc2cc(N3CCOCC3)ccn2)cc1. The van der Waals surface area contributed by atoms with E-state index in [0.717, 1.165) is 60.3 Å². The number of carbonyl (C=O) groups is 1. The molecule has 0 bridgehead atoms. The van der Waals surface area contributed by atoms with Gasteiger partial charge in [-0.2, -0.15) is 0 Å². The fraction of sp³-hybridized carbons (Fsp3) is 0.222. The van der Waals surface area contributed by atoms with Gasteiger partial charge in [-0.15, -0.1) is 0 Å². The van der Waals surface area contributed by atoms with Crippen molar-refractivity contribution >= 4 is 17.3 Å². The molecule has 0 saturated carbocycles. The van der Waals surface area contributed by atoms with Crippen LogP contribution in [0.15, 0.2) is 73.2 Å². The molecule has 4 aromatic rings. The minimum Gasteiger partial charge on any atom is -0.487 e. The summed E-state index contributed by atoms with van der Waals surface area (Å²) in [6, 6.07) is 17.0. The molecule has 8 heteroatoms. The van der Waals surface area contributed by atoms with Crippen LogP contribution in [0.2, 0.25) is 0 Å². The van der Waals surface area contributed by atoms with E-state index in [0.29, 0.717) is 17.9 Å². The minimum atomic E-state index is -0.184. The number of imidazole rings is 1. The van der Waals surface area contributed by atoms with Crippen molar-refractivity contribution in [3.63, 3.8) is 0 Å². The molecule has 1 amide bonds. The lowest BCUT2D eigenvalue weighted by atomic mass is 10.1. The molecule has 2 aromatic heterocycles. The molecule has 1 aliphatic rings. The summed E-state index contributed by atoms with van der Waals surface area (Å²) in [5, 5.41) is 3.00. The summed E-state index contributed by atoms with van der Waals surface area (Å²) in [6.07, 6.45) is 5.28. The van der Waals surface area contributed by atoms with Gasteiger partial charge in [-0.1, -0.05) is 12.1 Å². The summed E-state index contributed by atoms with van der Waals surface area (Å²) >= 11 is 0. The number of hydrogen-bond donors (Lipinski definition) is 2. The molecule has 35 heavy (non-hydrogen) atoms. The van der Waals surface area contributed by atoms with Gasteiger partial charge in [0.15, 0.2) is 0 Å². The van der Waals surface area contributed by atoms with Crippen molar-refractivity contribution in [1.82, 2.24) is 15.0 Å². The molecule has 178 valence electrons. The lowest BCUT2D eigenvalue weighted by Gasteiger charge is -2.28. The molecule has 1 saturated heterocycles. The van der Waals surface area contributed by atoms with Gasteiger partial charge in [-0.25, -0.2) is 4.98 Å². The number of aromatic nitrogens is 3. The number of ether oxygens (including phenoxy) is 2. The summed E-state index contributed by atoms with van der Waals surface area (Å²) in [6.45, 7) is 5.54. The highest BCUT2D eigenvalue weighted by Gasteiger charge is 2.13. The number of morpholine rings is 1. The zero-order chi connectivity index (χ0) is 24.0. The average molecular weight is 470 g/mol. The average Bonchev–Trinajstić information content (AvgIpc) is 3.45. The molecule has 1 fully saturated rings. The van der Waals surface area contributed by atoms with Crippen molar-refractivity contribution < 1.29 is 14.3 Å². The van der Waals surface area contributed by atoms with Crippen molar-refractivity contribution in [2.75, 3.05) is 36.5 Å². The second-order valence-corrected chi connectivity index (χ2v) is 8.34. The molecule has 0 atom stereocenters. The van der Waals surface area contributed by atoms with Crippen LogP contribution in [-0.4, -0.2) is 47.2 Å². The van der Waals surface area contributed by atoms with Gasteiger partial charge in [-0.3, -0.25) is 9.78 Å². The van der Waals surface area contributed by atoms with Gasteiger partial charge in [0.1, 0.15) is 18.2 Å². The van der Waals surface area contributed by atoms with Crippen molar-refractivity contribution in [3.05, 3.63) is 90.0 Å². The lowest BCUT2D eigenvalue weighted by Crippen LogP contribution is -2.36. The molecule has 0 unspecified atom stereocenters.